The van der Waals surface area contributed by atoms with E-state index in [1.165, 1.54) is 25.9 Å². The smallest absolute Gasteiger partial charge is 0.260 e. The summed E-state index contributed by atoms with van der Waals surface area (Å²) in [7, 11) is 0. The van der Waals surface area contributed by atoms with E-state index in [4.69, 9.17) is 4.74 Å². The largest absolute Gasteiger partial charge is 0.480 e. The zero-order valence-electron chi connectivity index (χ0n) is 14.3. The molecule has 1 aromatic rings. The summed E-state index contributed by atoms with van der Waals surface area (Å²) in [5.74, 6) is 1.09. The van der Waals surface area contributed by atoms with Crippen LogP contribution in [0.3, 0.4) is 0 Å². The van der Waals surface area contributed by atoms with Gasteiger partial charge in [0.15, 0.2) is 6.10 Å². The maximum atomic E-state index is 12.2. The van der Waals surface area contributed by atoms with Crippen molar-refractivity contribution in [3.63, 3.8) is 0 Å². The number of carbonyl (C=O) groups excluding carboxylic acids is 1. The molecule has 23 heavy (non-hydrogen) atoms. The topological polar surface area (TPSA) is 41.6 Å². The van der Waals surface area contributed by atoms with Gasteiger partial charge in [0.25, 0.3) is 5.91 Å². The number of ether oxygens (including phenoxy) is 1. The molecule has 0 spiro atoms. The third kappa shape index (κ3) is 5.81. The van der Waals surface area contributed by atoms with Crippen molar-refractivity contribution < 1.29 is 9.53 Å². The van der Waals surface area contributed by atoms with Gasteiger partial charge in [0.05, 0.1) is 4.47 Å². The van der Waals surface area contributed by atoms with E-state index in [2.05, 4.69) is 33.1 Å². The quantitative estimate of drug-likeness (QED) is 0.785. The first-order valence-electron chi connectivity index (χ1n) is 8.38. The second-order valence-corrected chi connectivity index (χ2v) is 7.41. The van der Waals surface area contributed by atoms with Crippen molar-refractivity contribution in [3.05, 3.63) is 28.2 Å². The molecule has 0 aliphatic carbocycles. The highest BCUT2D eigenvalue weighted by Crippen LogP contribution is 2.26. The Bertz CT molecular complexity index is 530. The second-order valence-electron chi connectivity index (χ2n) is 6.55. The maximum absolute atomic E-state index is 12.2. The van der Waals surface area contributed by atoms with Crippen molar-refractivity contribution in [1.82, 2.24) is 10.2 Å². The molecule has 2 rings (SSSR count). The molecule has 1 heterocycles. The van der Waals surface area contributed by atoms with Gasteiger partial charge in [0.2, 0.25) is 0 Å². The van der Waals surface area contributed by atoms with Crippen molar-refractivity contribution in [1.29, 1.82) is 0 Å². The summed E-state index contributed by atoms with van der Waals surface area (Å²) in [6.45, 7) is 10.1. The van der Waals surface area contributed by atoms with Gasteiger partial charge in [-0.3, -0.25) is 4.79 Å². The van der Waals surface area contributed by atoms with Crippen LogP contribution in [0.2, 0.25) is 0 Å². The molecule has 4 nitrogen and oxygen atoms in total. The van der Waals surface area contributed by atoms with Crippen molar-refractivity contribution >= 4 is 21.8 Å². The first-order chi connectivity index (χ1) is 11.0. The highest BCUT2D eigenvalue weighted by Gasteiger charge is 2.18. The van der Waals surface area contributed by atoms with Gasteiger partial charge in [0, 0.05) is 13.1 Å². The number of benzene rings is 1. The average Bonchev–Trinajstić information content (AvgIpc) is 3.00. The molecule has 1 fully saturated rings. The summed E-state index contributed by atoms with van der Waals surface area (Å²) in [4.78, 5) is 14.7. The van der Waals surface area contributed by atoms with Gasteiger partial charge in [-0.25, -0.2) is 0 Å². The first kappa shape index (κ1) is 18.3. The lowest BCUT2D eigenvalue weighted by molar-refractivity contribution is -0.127. The van der Waals surface area contributed by atoms with Crippen LogP contribution in [0.25, 0.3) is 0 Å². The van der Waals surface area contributed by atoms with E-state index in [0.717, 1.165) is 16.6 Å². The van der Waals surface area contributed by atoms with E-state index in [1.807, 2.05) is 25.1 Å². The van der Waals surface area contributed by atoms with Crippen LogP contribution in [0.5, 0.6) is 5.75 Å². The van der Waals surface area contributed by atoms with Gasteiger partial charge in [-0.2, -0.15) is 0 Å². The van der Waals surface area contributed by atoms with E-state index in [-0.39, 0.29) is 5.91 Å². The van der Waals surface area contributed by atoms with Gasteiger partial charge in [-0.15, -0.1) is 0 Å². The molecule has 0 aromatic heterocycles. The minimum atomic E-state index is -0.506. The number of hydrogen-bond donors (Lipinski definition) is 1. The molecule has 128 valence electrons. The lowest BCUT2D eigenvalue weighted by Crippen LogP contribution is -2.40. The molecule has 1 aliphatic rings. The number of nitrogens with zero attached hydrogens (tertiary/aromatic N) is 1. The Labute approximate surface area is 147 Å². The highest BCUT2D eigenvalue weighted by molar-refractivity contribution is 9.10. The molecule has 1 saturated heterocycles. The van der Waals surface area contributed by atoms with E-state index < -0.39 is 6.10 Å². The van der Waals surface area contributed by atoms with Crippen molar-refractivity contribution in [2.24, 2.45) is 5.92 Å². The molecule has 0 radical (unpaired) electrons. The van der Waals surface area contributed by atoms with Crippen molar-refractivity contribution in [2.75, 3.05) is 26.2 Å². The third-order valence-corrected chi connectivity index (χ3v) is 4.77. The predicted octanol–water partition coefficient (Wildman–Crippen LogP) is 3.37. The Kier molecular flexibility index (Phi) is 6.90. The minimum absolute atomic E-state index is 0.0641. The van der Waals surface area contributed by atoms with Gasteiger partial charge >= 0.3 is 0 Å². The Balaban J connectivity index is 1.75. The fraction of sp³-hybridized carbons (Fsp3) is 0.611. The fourth-order valence-corrected chi connectivity index (χ4v) is 3.42. The number of carbonyl (C=O) groups is 1. The summed E-state index contributed by atoms with van der Waals surface area (Å²) in [6, 6.07) is 5.85. The normalized spacial score (nSPS) is 17.7. The number of likely N-dealkylation sites (tertiary alicyclic amines) is 1. The van der Waals surface area contributed by atoms with Crippen LogP contribution in [-0.2, 0) is 4.79 Å². The Hall–Kier alpha value is -1.07. The number of rotatable bonds is 7. The van der Waals surface area contributed by atoms with E-state index >= 15 is 0 Å². The predicted molar refractivity (Wildman–Crippen MR) is 96.8 cm³/mol. The van der Waals surface area contributed by atoms with Crippen LogP contribution in [-0.4, -0.2) is 43.1 Å². The Morgan fingerprint density at radius 1 is 1.35 bits per heavy atom. The highest BCUT2D eigenvalue weighted by atomic mass is 79.9. The van der Waals surface area contributed by atoms with E-state index in [0.29, 0.717) is 18.2 Å². The second kappa shape index (κ2) is 8.69. The van der Waals surface area contributed by atoms with Crippen LogP contribution in [0.15, 0.2) is 22.7 Å². The number of nitrogens with one attached hydrogen (secondary N) is 1. The summed E-state index contributed by atoms with van der Waals surface area (Å²) in [5, 5.41) is 3.00. The average molecular weight is 383 g/mol. The molecular weight excluding hydrogens is 356 g/mol. The molecule has 0 bridgehead atoms. The lowest BCUT2D eigenvalue weighted by Gasteiger charge is -2.21. The standard InChI is InChI=1S/C18H27BrN2O2/c1-13-6-7-17(16(19)10-13)23-15(3)18(22)20-11-14(2)12-21-8-4-5-9-21/h6-7,10,14-15H,4-5,8-9,11-12H2,1-3H3,(H,20,22). The molecule has 1 N–H and O–H groups in total. The molecule has 1 aliphatic heterocycles. The Morgan fingerprint density at radius 2 is 2.04 bits per heavy atom. The number of amides is 1. The first-order valence-corrected chi connectivity index (χ1v) is 9.18. The maximum Gasteiger partial charge on any atom is 0.260 e. The summed E-state index contributed by atoms with van der Waals surface area (Å²) in [5.41, 5.74) is 1.15. The van der Waals surface area contributed by atoms with E-state index in [1.54, 1.807) is 6.92 Å². The van der Waals surface area contributed by atoms with Gasteiger partial charge < -0.3 is 15.0 Å². The molecule has 2 atom stereocenters. The number of hydrogen-bond acceptors (Lipinski definition) is 3. The lowest BCUT2D eigenvalue weighted by atomic mass is 10.1. The van der Waals surface area contributed by atoms with Gasteiger partial charge in [0.1, 0.15) is 5.75 Å². The van der Waals surface area contributed by atoms with Crippen LogP contribution in [0, 0.1) is 12.8 Å². The van der Waals surface area contributed by atoms with Crippen LogP contribution < -0.4 is 10.1 Å². The summed E-state index contributed by atoms with van der Waals surface area (Å²) < 4.78 is 6.63. The van der Waals surface area contributed by atoms with Crippen LogP contribution in [0.4, 0.5) is 0 Å². The Morgan fingerprint density at radius 3 is 2.70 bits per heavy atom. The van der Waals surface area contributed by atoms with Crippen molar-refractivity contribution in [3.8, 4) is 5.75 Å². The van der Waals surface area contributed by atoms with Gasteiger partial charge in [-0.05, 0) is 79.3 Å². The summed E-state index contributed by atoms with van der Waals surface area (Å²) in [6.07, 6.45) is 2.10. The fourth-order valence-electron chi connectivity index (χ4n) is 2.83. The molecular formula is C18H27BrN2O2. The molecule has 2 unspecified atom stereocenters. The molecule has 1 amide bonds. The third-order valence-electron chi connectivity index (χ3n) is 4.15. The number of aryl methyl sites for hydroxylation is 1. The SMILES string of the molecule is Cc1ccc(OC(C)C(=O)NCC(C)CN2CCCC2)c(Br)c1. The van der Waals surface area contributed by atoms with Gasteiger partial charge in [-0.1, -0.05) is 13.0 Å². The molecule has 1 aromatic carbocycles. The van der Waals surface area contributed by atoms with Crippen LogP contribution in [0.1, 0.15) is 32.3 Å². The molecule has 5 heteroatoms. The zero-order valence-corrected chi connectivity index (χ0v) is 15.9. The van der Waals surface area contributed by atoms with Crippen LogP contribution >= 0.6 is 15.9 Å². The monoisotopic (exact) mass is 382 g/mol. The number of halogens is 1. The van der Waals surface area contributed by atoms with E-state index in [9.17, 15) is 4.79 Å². The minimum Gasteiger partial charge on any atom is -0.480 e. The molecule has 0 saturated carbocycles. The summed E-state index contributed by atoms with van der Waals surface area (Å²) >= 11 is 3.47. The van der Waals surface area contributed by atoms with Crippen molar-refractivity contribution in [2.45, 2.75) is 39.7 Å². The zero-order chi connectivity index (χ0) is 16.8.